The molecule has 0 aliphatic heterocycles. The van der Waals surface area contributed by atoms with E-state index in [0.29, 0.717) is 13.0 Å². The number of nitrogens with two attached hydrogens (primary N) is 1. The van der Waals surface area contributed by atoms with E-state index >= 15 is 0 Å². The number of primary amides is 1. The van der Waals surface area contributed by atoms with Gasteiger partial charge in [-0.05, 0) is 19.8 Å². The second-order valence-electron chi connectivity index (χ2n) is 11.5. The first-order chi connectivity index (χ1) is 20.8. The Morgan fingerprint density at radius 1 is 0.818 bits per heavy atom. The van der Waals surface area contributed by atoms with Gasteiger partial charge in [-0.2, -0.15) is 0 Å². The van der Waals surface area contributed by atoms with Gasteiger partial charge in [0.05, 0.1) is 0 Å². The number of nitrogens with zero attached hydrogens (tertiary/aromatic N) is 2. The van der Waals surface area contributed by atoms with E-state index in [2.05, 4.69) is 6.92 Å². The first kappa shape index (κ1) is 41.6. The predicted octanol–water partition coefficient (Wildman–Crippen LogP) is 4.61. The van der Waals surface area contributed by atoms with Crippen LogP contribution in [0.2, 0.25) is 0 Å². The van der Waals surface area contributed by atoms with E-state index in [-0.39, 0.29) is 25.6 Å². The second-order valence-corrected chi connectivity index (χ2v) is 11.5. The molecule has 1 rings (SSSR count). The van der Waals surface area contributed by atoms with Gasteiger partial charge < -0.3 is 32.4 Å². The number of aromatic nitrogens is 1. The number of unbranched alkanes of at least 4 members (excludes halogenated alkanes) is 15. The average molecular weight is 642 g/mol. The standard InChI is InChI=1S/C34H59N3O6.ClH/c1-5-7-8-9-10-11-12-13-14-15-16-17-18-19-20-21-25-31(43-33(35)39)32(41-4)28-42-34(40)37(29(3)38)27-30-24-22-23-26-36(30)6-2;/h22-24,26,31-32H,5-21,25,27-28H2,1-4H3,(H-,35,39);1H. The molecule has 0 spiro atoms. The molecule has 0 aliphatic rings. The van der Waals surface area contributed by atoms with Crippen molar-refractivity contribution in [3.8, 4) is 0 Å². The van der Waals surface area contributed by atoms with Gasteiger partial charge in [-0.15, -0.1) is 0 Å². The molecule has 2 unspecified atom stereocenters. The molecule has 1 aromatic heterocycles. The number of ether oxygens (including phenoxy) is 3. The zero-order valence-corrected chi connectivity index (χ0v) is 28.7. The summed E-state index contributed by atoms with van der Waals surface area (Å²) in [6.45, 7) is 6.19. The first-order valence-electron chi connectivity index (χ1n) is 16.7. The van der Waals surface area contributed by atoms with E-state index in [4.69, 9.17) is 19.9 Å². The van der Waals surface area contributed by atoms with E-state index in [1.54, 1.807) is 0 Å². The van der Waals surface area contributed by atoms with Gasteiger partial charge >= 0.3 is 12.2 Å². The number of halogens is 1. The minimum absolute atomic E-state index is 0. The first-order valence-corrected chi connectivity index (χ1v) is 16.7. The molecule has 0 radical (unpaired) electrons. The molecule has 0 saturated heterocycles. The molecule has 0 aromatic carbocycles. The van der Waals surface area contributed by atoms with Crippen LogP contribution < -0.4 is 22.7 Å². The molecule has 1 heterocycles. The van der Waals surface area contributed by atoms with E-state index in [0.717, 1.165) is 29.9 Å². The maximum atomic E-state index is 12.9. The third-order valence-corrected chi connectivity index (χ3v) is 7.99. The summed E-state index contributed by atoms with van der Waals surface area (Å²) >= 11 is 0. The fourth-order valence-corrected chi connectivity index (χ4v) is 5.35. The number of hydrogen-bond acceptors (Lipinski definition) is 6. The Morgan fingerprint density at radius 3 is 1.80 bits per heavy atom. The summed E-state index contributed by atoms with van der Waals surface area (Å²) in [7, 11) is 1.47. The molecule has 254 valence electrons. The topological polar surface area (TPSA) is 112 Å². The van der Waals surface area contributed by atoms with Crippen LogP contribution in [0.15, 0.2) is 24.4 Å². The number of carbonyl (C=O) groups excluding carboxylic acids is 3. The monoisotopic (exact) mass is 641 g/mol. The van der Waals surface area contributed by atoms with Gasteiger partial charge in [-0.3, -0.25) is 4.79 Å². The highest BCUT2D eigenvalue weighted by Crippen LogP contribution is 2.17. The third kappa shape index (κ3) is 19.1. The molecule has 0 bridgehead atoms. The number of aryl methyl sites for hydroxylation is 1. The summed E-state index contributed by atoms with van der Waals surface area (Å²) < 4.78 is 18.3. The molecule has 9 nitrogen and oxygen atoms in total. The van der Waals surface area contributed by atoms with Crippen molar-refractivity contribution in [2.45, 2.75) is 155 Å². The summed E-state index contributed by atoms with van der Waals surface area (Å²) in [6.07, 6.45) is 19.8. The molecule has 3 amide bonds. The number of hydrogen-bond donors (Lipinski definition) is 1. The molecule has 0 fully saturated rings. The Hall–Kier alpha value is -2.39. The lowest BCUT2D eigenvalue weighted by Gasteiger charge is -2.26. The SMILES string of the molecule is CCCCCCCCCCCCCCCCCCC(OC(N)=O)C(COC(=O)N(Cc1cccc[n+]1CC)C(C)=O)OC.[Cl-]. The summed E-state index contributed by atoms with van der Waals surface area (Å²) in [6, 6.07) is 5.61. The van der Waals surface area contributed by atoms with Crippen molar-refractivity contribution in [1.82, 2.24) is 4.90 Å². The molecule has 1 aromatic rings. The smallest absolute Gasteiger partial charge is 0.417 e. The van der Waals surface area contributed by atoms with Gasteiger partial charge in [0.2, 0.25) is 11.6 Å². The van der Waals surface area contributed by atoms with E-state index < -0.39 is 30.3 Å². The van der Waals surface area contributed by atoms with Crippen molar-refractivity contribution in [2.75, 3.05) is 13.7 Å². The van der Waals surface area contributed by atoms with Crippen LogP contribution in [0.5, 0.6) is 0 Å². The number of pyridine rings is 1. The summed E-state index contributed by atoms with van der Waals surface area (Å²) in [5.74, 6) is -0.427. The highest BCUT2D eigenvalue weighted by atomic mass is 35.5. The van der Waals surface area contributed by atoms with Gasteiger partial charge in [0, 0.05) is 26.2 Å². The molecular formula is C34H60ClN3O6. The summed E-state index contributed by atoms with van der Waals surface area (Å²) in [5.41, 5.74) is 6.13. The minimum atomic E-state index is -0.895. The maximum Gasteiger partial charge on any atom is 0.417 e. The lowest BCUT2D eigenvalue weighted by Crippen LogP contribution is -3.00. The van der Waals surface area contributed by atoms with Crippen molar-refractivity contribution in [3.05, 3.63) is 30.1 Å². The minimum Gasteiger partial charge on any atom is -1.00 e. The van der Waals surface area contributed by atoms with Gasteiger partial charge in [0.1, 0.15) is 31.9 Å². The Labute approximate surface area is 273 Å². The molecule has 0 aliphatic carbocycles. The van der Waals surface area contributed by atoms with E-state index in [9.17, 15) is 14.4 Å². The molecular weight excluding hydrogens is 582 g/mol. The van der Waals surface area contributed by atoms with Crippen molar-refractivity contribution < 1.29 is 45.6 Å². The fraction of sp³-hybridized carbons (Fsp3) is 0.765. The number of imide groups is 1. The Bertz CT molecular complexity index is 904. The Kier molecular flexibility index (Phi) is 25.5. The largest absolute Gasteiger partial charge is 1.00 e. The highest BCUT2D eigenvalue weighted by Gasteiger charge is 2.29. The van der Waals surface area contributed by atoms with Crippen LogP contribution >= 0.6 is 0 Å². The quantitative estimate of drug-likeness (QED) is 0.123. The van der Waals surface area contributed by atoms with Crippen molar-refractivity contribution in [3.63, 3.8) is 0 Å². The predicted molar refractivity (Wildman–Crippen MR) is 169 cm³/mol. The molecule has 2 N–H and O–H groups in total. The van der Waals surface area contributed by atoms with Crippen LogP contribution in [0.3, 0.4) is 0 Å². The lowest BCUT2D eigenvalue weighted by molar-refractivity contribution is -0.701. The van der Waals surface area contributed by atoms with Crippen LogP contribution in [0, 0.1) is 0 Å². The van der Waals surface area contributed by atoms with Gasteiger partial charge in [-0.1, -0.05) is 109 Å². The number of carbonyl (C=O) groups is 3. The number of amides is 3. The average Bonchev–Trinajstić information content (AvgIpc) is 2.99. The van der Waals surface area contributed by atoms with Crippen LogP contribution in [-0.4, -0.2) is 48.9 Å². The molecule has 44 heavy (non-hydrogen) atoms. The number of rotatable bonds is 25. The van der Waals surface area contributed by atoms with Gasteiger partial charge in [0.25, 0.3) is 0 Å². The fourth-order valence-electron chi connectivity index (χ4n) is 5.35. The zero-order chi connectivity index (χ0) is 31.7. The van der Waals surface area contributed by atoms with E-state index in [1.165, 1.54) is 97.5 Å². The normalized spacial score (nSPS) is 12.2. The second kappa shape index (κ2) is 27.0. The summed E-state index contributed by atoms with van der Waals surface area (Å²) in [4.78, 5) is 37.7. The van der Waals surface area contributed by atoms with Gasteiger partial charge in [0.15, 0.2) is 6.20 Å². The van der Waals surface area contributed by atoms with Crippen LogP contribution in [0.25, 0.3) is 0 Å². The van der Waals surface area contributed by atoms with Gasteiger partial charge in [-0.25, -0.2) is 19.1 Å². The van der Waals surface area contributed by atoms with Crippen molar-refractivity contribution >= 4 is 18.1 Å². The highest BCUT2D eigenvalue weighted by molar-refractivity contribution is 5.90. The van der Waals surface area contributed by atoms with Crippen molar-refractivity contribution in [2.24, 2.45) is 5.73 Å². The third-order valence-electron chi connectivity index (χ3n) is 7.99. The van der Waals surface area contributed by atoms with Crippen molar-refractivity contribution in [1.29, 1.82) is 0 Å². The molecule has 10 heteroatoms. The summed E-state index contributed by atoms with van der Waals surface area (Å²) in [5, 5.41) is 0. The van der Waals surface area contributed by atoms with Crippen LogP contribution in [0.1, 0.15) is 136 Å². The van der Waals surface area contributed by atoms with Crippen LogP contribution in [0.4, 0.5) is 9.59 Å². The molecule has 2 atom stereocenters. The lowest BCUT2D eigenvalue weighted by atomic mass is 10.0. The van der Waals surface area contributed by atoms with E-state index in [1.807, 2.05) is 35.9 Å². The van der Waals surface area contributed by atoms with Crippen LogP contribution in [-0.2, 0) is 32.1 Å². The Balaban J connectivity index is 0.0000185. The zero-order valence-electron chi connectivity index (χ0n) is 27.9. The Morgan fingerprint density at radius 2 is 1.34 bits per heavy atom. The number of methoxy groups -OCH3 is 1. The maximum absolute atomic E-state index is 12.9. The molecule has 0 saturated carbocycles.